The molecule has 0 aliphatic heterocycles. The number of carbonyl (C=O) groups is 2. The van der Waals surface area contributed by atoms with E-state index >= 15 is 0 Å². The molecule has 0 aromatic heterocycles. The molecular formula is C16H24N2O3. The van der Waals surface area contributed by atoms with Gasteiger partial charge in [0, 0.05) is 13.1 Å². The smallest absolute Gasteiger partial charge is 0.335 e. The summed E-state index contributed by atoms with van der Waals surface area (Å²) in [6.07, 6.45) is 0.978. The SMILES string of the molecule is CC(C)CCNC(=O)CN(C)Cc1ccc(C(=O)O)cc1. The zero-order chi connectivity index (χ0) is 15.8. The van der Waals surface area contributed by atoms with Gasteiger partial charge >= 0.3 is 5.97 Å². The average Bonchev–Trinajstić information content (AvgIpc) is 2.38. The molecule has 0 aliphatic rings. The second-order valence-corrected chi connectivity index (χ2v) is 5.71. The zero-order valence-corrected chi connectivity index (χ0v) is 12.9. The van der Waals surface area contributed by atoms with Gasteiger partial charge in [0.25, 0.3) is 0 Å². The molecular weight excluding hydrogens is 268 g/mol. The molecule has 2 N–H and O–H groups in total. The van der Waals surface area contributed by atoms with Crippen LogP contribution in [-0.4, -0.2) is 42.0 Å². The summed E-state index contributed by atoms with van der Waals surface area (Å²) in [6, 6.07) is 6.70. The molecule has 116 valence electrons. The monoisotopic (exact) mass is 292 g/mol. The van der Waals surface area contributed by atoms with Crippen LogP contribution in [0.4, 0.5) is 0 Å². The van der Waals surface area contributed by atoms with Crippen molar-refractivity contribution in [1.29, 1.82) is 0 Å². The number of nitrogens with one attached hydrogen (secondary N) is 1. The van der Waals surface area contributed by atoms with Gasteiger partial charge in [0.05, 0.1) is 12.1 Å². The molecule has 0 radical (unpaired) electrons. The van der Waals surface area contributed by atoms with Crippen molar-refractivity contribution in [3.05, 3.63) is 35.4 Å². The average molecular weight is 292 g/mol. The lowest BCUT2D eigenvalue weighted by Gasteiger charge is -2.16. The van der Waals surface area contributed by atoms with Crippen LogP contribution in [0.1, 0.15) is 36.2 Å². The summed E-state index contributed by atoms with van der Waals surface area (Å²) in [7, 11) is 1.87. The van der Waals surface area contributed by atoms with Gasteiger partial charge in [-0.25, -0.2) is 4.79 Å². The van der Waals surface area contributed by atoms with Crippen LogP contribution in [0, 0.1) is 5.92 Å². The van der Waals surface area contributed by atoms with Crippen molar-refractivity contribution in [1.82, 2.24) is 10.2 Å². The molecule has 0 aliphatic carbocycles. The van der Waals surface area contributed by atoms with E-state index in [0.717, 1.165) is 12.0 Å². The Morgan fingerprint density at radius 3 is 2.38 bits per heavy atom. The Balaban J connectivity index is 2.37. The lowest BCUT2D eigenvalue weighted by Crippen LogP contribution is -2.35. The summed E-state index contributed by atoms with van der Waals surface area (Å²) in [5.41, 5.74) is 1.25. The van der Waals surface area contributed by atoms with Gasteiger partial charge in [-0.3, -0.25) is 9.69 Å². The molecule has 0 unspecified atom stereocenters. The first-order valence-corrected chi connectivity index (χ1v) is 7.16. The number of amides is 1. The van der Waals surface area contributed by atoms with Gasteiger partial charge in [0.2, 0.25) is 5.91 Å². The largest absolute Gasteiger partial charge is 0.478 e. The van der Waals surface area contributed by atoms with E-state index in [0.29, 0.717) is 25.6 Å². The molecule has 0 bridgehead atoms. The Kier molecular flexibility index (Phi) is 6.88. The molecule has 1 aromatic carbocycles. The number of carboxylic acids is 1. The van der Waals surface area contributed by atoms with Crippen molar-refractivity contribution in [3.8, 4) is 0 Å². The highest BCUT2D eigenvalue weighted by Crippen LogP contribution is 2.06. The Morgan fingerprint density at radius 2 is 1.86 bits per heavy atom. The maximum atomic E-state index is 11.7. The predicted octanol–water partition coefficient (Wildman–Crippen LogP) is 1.98. The van der Waals surface area contributed by atoms with Crippen LogP contribution in [0.25, 0.3) is 0 Å². The molecule has 5 heteroatoms. The Hall–Kier alpha value is -1.88. The zero-order valence-electron chi connectivity index (χ0n) is 12.9. The molecule has 0 saturated heterocycles. The second kappa shape index (κ2) is 8.42. The molecule has 5 nitrogen and oxygen atoms in total. The fourth-order valence-electron chi connectivity index (χ4n) is 1.92. The standard InChI is InChI=1S/C16H24N2O3/c1-12(2)8-9-17-15(19)11-18(3)10-13-4-6-14(7-5-13)16(20)21/h4-7,12H,8-11H2,1-3H3,(H,17,19)(H,20,21). The third-order valence-corrected chi connectivity index (χ3v) is 3.11. The minimum atomic E-state index is -0.931. The fourth-order valence-corrected chi connectivity index (χ4v) is 1.92. The highest BCUT2D eigenvalue weighted by Gasteiger charge is 2.08. The molecule has 0 spiro atoms. The summed E-state index contributed by atoms with van der Waals surface area (Å²) >= 11 is 0. The van der Waals surface area contributed by atoms with Gasteiger partial charge in [0.1, 0.15) is 0 Å². The fraction of sp³-hybridized carbons (Fsp3) is 0.500. The molecule has 1 rings (SSSR count). The summed E-state index contributed by atoms with van der Waals surface area (Å²) in [6.45, 7) is 5.89. The summed E-state index contributed by atoms with van der Waals surface area (Å²) < 4.78 is 0. The first-order valence-electron chi connectivity index (χ1n) is 7.16. The van der Waals surface area contributed by atoms with E-state index in [1.165, 1.54) is 0 Å². The normalized spacial score (nSPS) is 10.9. The number of carboxylic acid groups (broad SMARTS) is 1. The van der Waals surface area contributed by atoms with E-state index in [4.69, 9.17) is 5.11 Å². The Morgan fingerprint density at radius 1 is 1.24 bits per heavy atom. The van der Waals surface area contributed by atoms with Crippen LogP contribution < -0.4 is 5.32 Å². The van der Waals surface area contributed by atoms with Gasteiger partial charge in [0.15, 0.2) is 0 Å². The molecule has 1 aromatic rings. The van der Waals surface area contributed by atoms with Crippen molar-refractivity contribution < 1.29 is 14.7 Å². The van der Waals surface area contributed by atoms with E-state index in [1.54, 1.807) is 24.3 Å². The number of rotatable bonds is 8. The maximum Gasteiger partial charge on any atom is 0.335 e. The summed E-state index contributed by atoms with van der Waals surface area (Å²) in [4.78, 5) is 24.4. The van der Waals surface area contributed by atoms with Gasteiger partial charge in [-0.2, -0.15) is 0 Å². The van der Waals surface area contributed by atoms with Gasteiger partial charge < -0.3 is 10.4 Å². The summed E-state index contributed by atoms with van der Waals surface area (Å²) in [5.74, 6) is -0.337. The molecule has 0 atom stereocenters. The van der Waals surface area contributed by atoms with Crippen LogP contribution in [0.2, 0.25) is 0 Å². The van der Waals surface area contributed by atoms with Crippen LogP contribution >= 0.6 is 0 Å². The highest BCUT2D eigenvalue weighted by atomic mass is 16.4. The molecule has 0 fully saturated rings. The molecule has 0 heterocycles. The summed E-state index contributed by atoms with van der Waals surface area (Å²) in [5, 5.41) is 11.7. The highest BCUT2D eigenvalue weighted by molar-refractivity contribution is 5.87. The molecule has 1 amide bonds. The van der Waals surface area contributed by atoms with Gasteiger partial charge in [-0.15, -0.1) is 0 Å². The minimum absolute atomic E-state index is 0.0142. The lowest BCUT2D eigenvalue weighted by molar-refractivity contribution is -0.122. The van der Waals surface area contributed by atoms with Crippen LogP contribution in [0.15, 0.2) is 24.3 Å². The number of carbonyl (C=O) groups excluding carboxylic acids is 1. The Labute approximate surface area is 126 Å². The van der Waals surface area contributed by atoms with E-state index < -0.39 is 5.97 Å². The van der Waals surface area contributed by atoms with Crippen molar-refractivity contribution in [3.63, 3.8) is 0 Å². The first kappa shape index (κ1) is 17.2. The number of likely N-dealkylation sites (N-methyl/N-ethyl adjacent to an activating group) is 1. The van der Waals surface area contributed by atoms with Crippen molar-refractivity contribution in [2.45, 2.75) is 26.8 Å². The van der Waals surface area contributed by atoms with Crippen molar-refractivity contribution in [2.24, 2.45) is 5.92 Å². The molecule has 0 saturated carbocycles. The number of benzene rings is 1. The molecule has 21 heavy (non-hydrogen) atoms. The van der Waals surface area contributed by atoms with Crippen LogP contribution in [-0.2, 0) is 11.3 Å². The predicted molar refractivity (Wildman–Crippen MR) is 82.2 cm³/mol. The van der Waals surface area contributed by atoms with E-state index in [2.05, 4.69) is 19.2 Å². The third kappa shape index (κ3) is 6.90. The Bertz CT molecular complexity index is 469. The number of nitrogens with zero attached hydrogens (tertiary/aromatic N) is 1. The first-order chi connectivity index (χ1) is 9.88. The van der Waals surface area contributed by atoms with Crippen molar-refractivity contribution >= 4 is 11.9 Å². The minimum Gasteiger partial charge on any atom is -0.478 e. The van der Waals surface area contributed by atoms with E-state index in [-0.39, 0.29) is 11.5 Å². The number of aromatic carboxylic acids is 1. The third-order valence-electron chi connectivity index (χ3n) is 3.11. The quantitative estimate of drug-likeness (QED) is 0.768. The second-order valence-electron chi connectivity index (χ2n) is 5.71. The number of hydrogen-bond acceptors (Lipinski definition) is 3. The maximum absolute atomic E-state index is 11.7. The van der Waals surface area contributed by atoms with Gasteiger partial charge in [-0.1, -0.05) is 26.0 Å². The number of hydrogen-bond donors (Lipinski definition) is 2. The van der Waals surface area contributed by atoms with E-state index in [1.807, 2.05) is 11.9 Å². The lowest BCUT2D eigenvalue weighted by atomic mass is 10.1. The van der Waals surface area contributed by atoms with Gasteiger partial charge in [-0.05, 0) is 37.1 Å². The van der Waals surface area contributed by atoms with Crippen LogP contribution in [0.3, 0.4) is 0 Å². The van der Waals surface area contributed by atoms with E-state index in [9.17, 15) is 9.59 Å². The topological polar surface area (TPSA) is 69.6 Å². The van der Waals surface area contributed by atoms with Crippen LogP contribution in [0.5, 0.6) is 0 Å². The van der Waals surface area contributed by atoms with Crippen molar-refractivity contribution in [2.75, 3.05) is 20.1 Å².